The number of phenols is 1. The van der Waals surface area contributed by atoms with E-state index in [0.717, 1.165) is 64.3 Å². The molecule has 2 aromatic carbocycles. The van der Waals surface area contributed by atoms with E-state index < -0.39 is 0 Å². The second kappa shape index (κ2) is 8.40. The lowest BCUT2D eigenvalue weighted by Gasteiger charge is -2.21. The third kappa shape index (κ3) is 3.77. The van der Waals surface area contributed by atoms with Crippen molar-refractivity contribution in [1.29, 1.82) is 0 Å². The van der Waals surface area contributed by atoms with Gasteiger partial charge in [-0.1, -0.05) is 42.1 Å². The number of hydrogen-bond donors (Lipinski definition) is 1. The van der Waals surface area contributed by atoms with E-state index in [9.17, 15) is 5.11 Å². The molecule has 1 saturated carbocycles. The Morgan fingerprint density at radius 1 is 1.09 bits per heavy atom. The number of aromatic hydroxyl groups is 1. The molecular formula is C27H29N5OS. The van der Waals surface area contributed by atoms with Crippen LogP contribution < -0.4 is 0 Å². The van der Waals surface area contributed by atoms with Crippen molar-refractivity contribution in [3.63, 3.8) is 0 Å². The number of benzene rings is 2. The summed E-state index contributed by atoms with van der Waals surface area (Å²) in [5.41, 5.74) is 4.79. The molecule has 7 heteroatoms. The van der Waals surface area contributed by atoms with Crippen LogP contribution in [0.2, 0.25) is 0 Å². The van der Waals surface area contributed by atoms with Crippen LogP contribution in [0, 0.1) is 12.8 Å². The highest BCUT2D eigenvalue weighted by molar-refractivity contribution is 7.99. The Hall–Kier alpha value is -2.90. The van der Waals surface area contributed by atoms with Gasteiger partial charge in [0.2, 0.25) is 0 Å². The number of rotatable bonds is 7. The predicted molar refractivity (Wildman–Crippen MR) is 136 cm³/mol. The minimum atomic E-state index is 0.325. The minimum Gasteiger partial charge on any atom is -0.508 e. The molecule has 6 rings (SSSR count). The molecule has 2 aliphatic rings. The maximum Gasteiger partial charge on any atom is 0.191 e. The van der Waals surface area contributed by atoms with Crippen molar-refractivity contribution in [2.75, 3.05) is 25.4 Å². The number of likely N-dealkylation sites (tertiary alicyclic amines) is 1. The molecule has 2 aromatic heterocycles. The summed E-state index contributed by atoms with van der Waals surface area (Å²) in [6, 6.07) is 18.2. The maximum absolute atomic E-state index is 9.60. The SMILES string of the molecule is Cc1ccc2c(-c3nnc(SCCCN4C[C@H]5C[C@@]5(c5ccc(O)cc5)C4)n3C)cccc2n1. The van der Waals surface area contributed by atoms with Gasteiger partial charge in [-0.05, 0) is 62.1 Å². The number of aromatic nitrogens is 4. The van der Waals surface area contributed by atoms with Gasteiger partial charge in [-0.25, -0.2) is 0 Å². The summed E-state index contributed by atoms with van der Waals surface area (Å²) in [4.78, 5) is 7.26. The van der Waals surface area contributed by atoms with E-state index in [0.29, 0.717) is 11.2 Å². The first-order chi connectivity index (χ1) is 16.5. The Labute approximate surface area is 204 Å². The van der Waals surface area contributed by atoms with E-state index in [2.05, 4.69) is 48.9 Å². The average Bonchev–Trinajstić information content (AvgIpc) is 3.21. The molecule has 1 N–H and O–H groups in total. The molecule has 34 heavy (non-hydrogen) atoms. The van der Waals surface area contributed by atoms with E-state index in [-0.39, 0.29) is 0 Å². The summed E-state index contributed by atoms with van der Waals surface area (Å²) in [6.07, 6.45) is 2.41. The van der Waals surface area contributed by atoms with Crippen LogP contribution >= 0.6 is 11.8 Å². The zero-order chi connectivity index (χ0) is 23.3. The Kier molecular flexibility index (Phi) is 5.34. The van der Waals surface area contributed by atoms with Gasteiger partial charge in [-0.3, -0.25) is 4.98 Å². The molecule has 174 valence electrons. The van der Waals surface area contributed by atoms with Gasteiger partial charge in [-0.15, -0.1) is 10.2 Å². The number of thioether (sulfide) groups is 1. The number of phenolic OH excluding ortho intramolecular Hbond substituents is 1. The lowest BCUT2D eigenvalue weighted by atomic mass is 9.95. The molecular weight excluding hydrogens is 442 g/mol. The highest BCUT2D eigenvalue weighted by Crippen LogP contribution is 2.59. The van der Waals surface area contributed by atoms with Crippen molar-refractivity contribution in [3.05, 3.63) is 65.9 Å². The summed E-state index contributed by atoms with van der Waals surface area (Å²) in [5, 5.41) is 20.7. The number of nitrogens with zero attached hydrogens (tertiary/aromatic N) is 5. The second-order valence-corrected chi connectivity index (χ2v) is 10.8. The fourth-order valence-corrected chi connectivity index (χ4v) is 6.41. The predicted octanol–water partition coefficient (Wildman–Crippen LogP) is 4.80. The maximum atomic E-state index is 9.60. The first-order valence-electron chi connectivity index (χ1n) is 11.9. The highest BCUT2D eigenvalue weighted by atomic mass is 32.2. The van der Waals surface area contributed by atoms with Crippen molar-refractivity contribution < 1.29 is 5.11 Å². The van der Waals surface area contributed by atoms with Gasteiger partial charge in [0.25, 0.3) is 0 Å². The van der Waals surface area contributed by atoms with Crippen molar-refractivity contribution in [1.82, 2.24) is 24.6 Å². The molecule has 1 saturated heterocycles. The van der Waals surface area contributed by atoms with Crippen molar-refractivity contribution >= 4 is 22.7 Å². The molecule has 0 unspecified atom stereocenters. The van der Waals surface area contributed by atoms with Crippen LogP contribution in [0.4, 0.5) is 0 Å². The van der Waals surface area contributed by atoms with Crippen LogP contribution in [-0.2, 0) is 12.5 Å². The number of fused-ring (bicyclic) bond motifs is 2. The van der Waals surface area contributed by atoms with E-state index >= 15 is 0 Å². The topological polar surface area (TPSA) is 67.1 Å². The second-order valence-electron chi connectivity index (χ2n) is 9.73. The number of hydrogen-bond acceptors (Lipinski definition) is 6. The Morgan fingerprint density at radius 2 is 1.94 bits per heavy atom. The van der Waals surface area contributed by atoms with Crippen LogP contribution in [0.15, 0.2) is 59.8 Å². The third-order valence-corrected chi connectivity index (χ3v) is 8.56. The van der Waals surface area contributed by atoms with Crippen LogP contribution in [0.3, 0.4) is 0 Å². The standard InChI is InChI=1S/C27H29N5OS/c1-18-7-12-22-23(5-3-6-24(22)28-18)25-29-30-26(31(25)2)34-14-4-13-32-16-20-15-27(20,17-32)19-8-10-21(33)11-9-19/h3,5-12,20,33H,4,13-17H2,1-2H3/t20-,27+/m1/s1. The van der Waals surface area contributed by atoms with E-state index in [4.69, 9.17) is 0 Å². The molecule has 0 spiro atoms. The van der Waals surface area contributed by atoms with Crippen molar-refractivity contribution in [3.8, 4) is 17.1 Å². The fraction of sp³-hybridized carbons (Fsp3) is 0.370. The summed E-state index contributed by atoms with van der Waals surface area (Å²) in [5.74, 6) is 3.03. The minimum absolute atomic E-state index is 0.325. The number of pyridine rings is 1. The molecule has 1 aliphatic heterocycles. The average molecular weight is 472 g/mol. The van der Waals surface area contributed by atoms with Crippen LogP contribution in [0.5, 0.6) is 5.75 Å². The molecule has 0 bridgehead atoms. The van der Waals surface area contributed by atoms with Crippen molar-refractivity contribution in [2.45, 2.75) is 30.3 Å². The van der Waals surface area contributed by atoms with Gasteiger partial charge in [-0.2, -0.15) is 0 Å². The van der Waals surface area contributed by atoms with Crippen LogP contribution in [-0.4, -0.2) is 55.1 Å². The molecule has 0 radical (unpaired) electrons. The molecule has 2 fully saturated rings. The smallest absolute Gasteiger partial charge is 0.191 e. The third-order valence-electron chi connectivity index (χ3n) is 7.46. The largest absolute Gasteiger partial charge is 0.508 e. The van der Waals surface area contributed by atoms with Crippen molar-refractivity contribution in [2.24, 2.45) is 13.0 Å². The Morgan fingerprint density at radius 3 is 2.79 bits per heavy atom. The lowest BCUT2D eigenvalue weighted by Crippen LogP contribution is -2.27. The number of aryl methyl sites for hydroxylation is 1. The summed E-state index contributed by atoms with van der Waals surface area (Å²) in [6.45, 7) is 5.45. The molecule has 0 amide bonds. The van der Waals surface area contributed by atoms with Gasteiger partial charge >= 0.3 is 0 Å². The van der Waals surface area contributed by atoms with E-state index in [1.807, 2.05) is 44.3 Å². The number of piperidine rings is 1. The summed E-state index contributed by atoms with van der Waals surface area (Å²) in [7, 11) is 2.05. The highest BCUT2D eigenvalue weighted by Gasteiger charge is 2.60. The fourth-order valence-electron chi connectivity index (χ4n) is 5.58. The molecule has 4 aromatic rings. The molecule has 1 aliphatic carbocycles. The van der Waals surface area contributed by atoms with Gasteiger partial charge < -0.3 is 14.6 Å². The Balaban J connectivity index is 1.06. The summed E-state index contributed by atoms with van der Waals surface area (Å²) >= 11 is 1.78. The zero-order valence-electron chi connectivity index (χ0n) is 19.6. The molecule has 3 heterocycles. The van der Waals surface area contributed by atoms with E-state index in [1.54, 1.807) is 11.8 Å². The quantitative estimate of drug-likeness (QED) is 0.309. The monoisotopic (exact) mass is 471 g/mol. The zero-order valence-corrected chi connectivity index (χ0v) is 20.4. The normalized spacial score (nSPS) is 21.8. The first kappa shape index (κ1) is 21.6. The van der Waals surface area contributed by atoms with Crippen LogP contribution in [0.25, 0.3) is 22.3 Å². The Bertz CT molecular complexity index is 1350. The van der Waals surface area contributed by atoms with E-state index in [1.165, 1.54) is 18.5 Å². The summed E-state index contributed by atoms with van der Waals surface area (Å²) < 4.78 is 2.10. The van der Waals surface area contributed by atoms with Gasteiger partial charge in [0, 0.05) is 47.9 Å². The van der Waals surface area contributed by atoms with Gasteiger partial charge in [0.15, 0.2) is 11.0 Å². The molecule has 2 atom stereocenters. The van der Waals surface area contributed by atoms with Crippen LogP contribution in [0.1, 0.15) is 24.1 Å². The first-order valence-corrected chi connectivity index (χ1v) is 12.9. The van der Waals surface area contributed by atoms with Gasteiger partial charge in [0.1, 0.15) is 5.75 Å². The lowest BCUT2D eigenvalue weighted by molar-refractivity contribution is 0.299. The molecule has 6 nitrogen and oxygen atoms in total. The van der Waals surface area contributed by atoms with Gasteiger partial charge in [0.05, 0.1) is 5.52 Å².